The Morgan fingerprint density at radius 3 is 2.74 bits per heavy atom. The molecule has 1 unspecified atom stereocenters. The number of fused-ring (bicyclic) bond motifs is 2. The van der Waals surface area contributed by atoms with Gasteiger partial charge in [-0.15, -0.1) is 11.3 Å². The molecule has 0 aliphatic carbocycles. The molecule has 0 spiro atoms. The Morgan fingerprint density at radius 2 is 2.05 bits per heavy atom. The third-order valence-electron chi connectivity index (χ3n) is 2.87. The fraction of sp³-hybridized carbons (Fsp3) is 0.154. The van der Waals surface area contributed by atoms with E-state index in [1.165, 1.54) is 0 Å². The molecule has 1 amide bonds. The van der Waals surface area contributed by atoms with Gasteiger partial charge in [0.25, 0.3) is 0 Å². The Morgan fingerprint density at radius 1 is 1.26 bits per heavy atom. The van der Waals surface area contributed by atoms with Crippen LogP contribution in [0.25, 0.3) is 0 Å². The van der Waals surface area contributed by atoms with Crippen LogP contribution in [0.3, 0.4) is 0 Å². The number of thiophene rings is 1. The lowest BCUT2D eigenvalue weighted by Gasteiger charge is -2.28. The van der Waals surface area contributed by atoms with Gasteiger partial charge < -0.3 is 0 Å². The highest BCUT2D eigenvalue weighted by Crippen LogP contribution is 2.51. The van der Waals surface area contributed by atoms with Crippen molar-refractivity contribution in [3.8, 4) is 0 Å². The minimum Gasteiger partial charge on any atom is -0.278 e. The van der Waals surface area contributed by atoms with Crippen LogP contribution in [0.5, 0.6) is 0 Å². The molecular weight excluding hydrogens is 298 g/mol. The third kappa shape index (κ3) is 2.13. The zero-order valence-corrected chi connectivity index (χ0v) is 12.8. The van der Waals surface area contributed by atoms with Gasteiger partial charge in [-0.1, -0.05) is 11.8 Å². The molecule has 0 fully saturated rings. The van der Waals surface area contributed by atoms with Crippen LogP contribution in [0, 0.1) is 0 Å². The van der Waals surface area contributed by atoms with Gasteiger partial charge in [0, 0.05) is 33.8 Å². The van der Waals surface area contributed by atoms with Crippen LogP contribution in [-0.2, 0) is 15.6 Å². The highest BCUT2D eigenvalue weighted by molar-refractivity contribution is 8.01. The fourth-order valence-electron chi connectivity index (χ4n) is 2.04. The minimum atomic E-state index is -1.05. The molecule has 98 valence electrons. The fourth-order valence-corrected chi connectivity index (χ4v) is 4.66. The summed E-state index contributed by atoms with van der Waals surface area (Å²) >= 11 is 3.29. The number of nitrogens with zero attached hydrogens (tertiary/aromatic N) is 1. The molecule has 19 heavy (non-hydrogen) atoms. The van der Waals surface area contributed by atoms with Crippen LogP contribution >= 0.6 is 23.1 Å². The number of carbonyl (C=O) groups excluding carboxylic acids is 1. The summed E-state index contributed by atoms with van der Waals surface area (Å²) in [5, 5.41) is 1.98. The van der Waals surface area contributed by atoms with Crippen molar-refractivity contribution in [1.82, 2.24) is 0 Å². The molecule has 0 saturated carbocycles. The van der Waals surface area contributed by atoms with Gasteiger partial charge in [-0.2, -0.15) is 0 Å². The summed E-state index contributed by atoms with van der Waals surface area (Å²) in [7, 11) is -1.05. The normalized spacial score (nSPS) is 14.7. The maximum atomic E-state index is 11.9. The van der Waals surface area contributed by atoms with E-state index in [0.717, 1.165) is 25.4 Å². The zero-order chi connectivity index (χ0) is 13.6. The molecule has 1 aromatic carbocycles. The number of anilines is 2. The SMILES string of the molecule is CC(=O)N1c2cc(S(C)=O)ccc2Sc2sccc21. The summed E-state index contributed by atoms with van der Waals surface area (Å²) in [4.78, 5) is 15.4. The monoisotopic (exact) mass is 309 g/mol. The summed E-state index contributed by atoms with van der Waals surface area (Å²) < 4.78 is 12.7. The van der Waals surface area contributed by atoms with Crippen molar-refractivity contribution < 1.29 is 9.00 Å². The molecule has 0 N–H and O–H groups in total. The van der Waals surface area contributed by atoms with Gasteiger partial charge in [0.1, 0.15) is 0 Å². The van der Waals surface area contributed by atoms with Gasteiger partial charge >= 0.3 is 0 Å². The van der Waals surface area contributed by atoms with Crippen LogP contribution in [-0.4, -0.2) is 16.4 Å². The summed E-state index contributed by atoms with van der Waals surface area (Å²) in [6, 6.07) is 7.60. The lowest BCUT2D eigenvalue weighted by Crippen LogP contribution is -2.25. The molecule has 0 saturated heterocycles. The van der Waals surface area contributed by atoms with Crippen LogP contribution < -0.4 is 4.90 Å². The smallest absolute Gasteiger partial charge is 0.228 e. The van der Waals surface area contributed by atoms with E-state index in [-0.39, 0.29) is 5.91 Å². The van der Waals surface area contributed by atoms with Crippen LogP contribution in [0.4, 0.5) is 11.4 Å². The van der Waals surface area contributed by atoms with Crippen molar-refractivity contribution in [3.63, 3.8) is 0 Å². The number of hydrogen-bond acceptors (Lipinski definition) is 4. The predicted molar refractivity (Wildman–Crippen MR) is 80.0 cm³/mol. The Balaban J connectivity index is 2.20. The van der Waals surface area contributed by atoms with Crippen molar-refractivity contribution in [2.75, 3.05) is 11.2 Å². The predicted octanol–water partition coefficient (Wildman–Crippen LogP) is 3.63. The lowest BCUT2D eigenvalue weighted by molar-refractivity contribution is -0.115. The van der Waals surface area contributed by atoms with Gasteiger partial charge in [0.15, 0.2) is 0 Å². The molecule has 1 atom stereocenters. The Bertz CT molecular complexity index is 693. The van der Waals surface area contributed by atoms with Crippen molar-refractivity contribution in [1.29, 1.82) is 0 Å². The van der Waals surface area contributed by atoms with E-state index in [9.17, 15) is 9.00 Å². The second kappa shape index (κ2) is 4.77. The summed E-state index contributed by atoms with van der Waals surface area (Å²) in [6.07, 6.45) is 1.64. The van der Waals surface area contributed by atoms with Crippen molar-refractivity contribution in [2.45, 2.75) is 20.9 Å². The molecule has 3 rings (SSSR count). The van der Waals surface area contributed by atoms with E-state index in [4.69, 9.17) is 0 Å². The van der Waals surface area contributed by atoms with Crippen LogP contribution in [0.15, 0.2) is 43.6 Å². The molecule has 0 radical (unpaired) electrons. The van der Waals surface area contributed by atoms with Gasteiger partial charge in [-0.3, -0.25) is 13.9 Å². The van der Waals surface area contributed by atoms with Gasteiger partial charge in [0.05, 0.1) is 15.6 Å². The summed E-state index contributed by atoms with van der Waals surface area (Å²) in [6.45, 7) is 1.55. The molecule has 3 nitrogen and oxygen atoms in total. The largest absolute Gasteiger partial charge is 0.278 e. The highest BCUT2D eigenvalue weighted by atomic mass is 32.2. The van der Waals surface area contributed by atoms with Crippen molar-refractivity contribution in [2.24, 2.45) is 0 Å². The molecular formula is C13H11NO2S3. The quantitative estimate of drug-likeness (QED) is 0.807. The third-order valence-corrected chi connectivity index (χ3v) is 5.98. The van der Waals surface area contributed by atoms with E-state index in [2.05, 4.69) is 0 Å². The Hall–Kier alpha value is -1.11. The van der Waals surface area contributed by atoms with Crippen molar-refractivity contribution >= 4 is 51.2 Å². The average molecular weight is 309 g/mol. The average Bonchev–Trinajstić information content (AvgIpc) is 2.81. The Labute approximate surface area is 122 Å². The van der Waals surface area contributed by atoms with Crippen LogP contribution in [0.2, 0.25) is 0 Å². The van der Waals surface area contributed by atoms with Crippen molar-refractivity contribution in [3.05, 3.63) is 29.6 Å². The zero-order valence-electron chi connectivity index (χ0n) is 10.4. The number of hydrogen-bond donors (Lipinski definition) is 0. The minimum absolute atomic E-state index is 0.0276. The molecule has 6 heteroatoms. The maximum absolute atomic E-state index is 11.9. The van der Waals surface area contributed by atoms with Gasteiger partial charge in [0.2, 0.25) is 5.91 Å². The summed E-state index contributed by atoms with van der Waals surface area (Å²) in [5.41, 5.74) is 1.75. The number of amides is 1. The summed E-state index contributed by atoms with van der Waals surface area (Å²) in [5.74, 6) is -0.0276. The highest BCUT2D eigenvalue weighted by Gasteiger charge is 2.27. The molecule has 2 aromatic rings. The molecule has 1 aliphatic heterocycles. The van der Waals surface area contributed by atoms with Gasteiger partial charge in [-0.05, 0) is 29.6 Å². The first-order valence-corrected chi connectivity index (χ1v) is 8.87. The second-order valence-electron chi connectivity index (χ2n) is 4.13. The number of carbonyl (C=O) groups is 1. The van der Waals surface area contributed by atoms with E-state index >= 15 is 0 Å². The van der Waals surface area contributed by atoms with E-state index in [0.29, 0.717) is 0 Å². The molecule has 0 bridgehead atoms. The van der Waals surface area contributed by atoms with Crippen LogP contribution in [0.1, 0.15) is 6.92 Å². The molecule has 1 aromatic heterocycles. The van der Waals surface area contributed by atoms with E-state index < -0.39 is 10.8 Å². The lowest BCUT2D eigenvalue weighted by atomic mass is 10.2. The Kier molecular flexibility index (Phi) is 3.24. The number of benzene rings is 1. The second-order valence-corrected chi connectivity index (χ2v) is 7.74. The first-order chi connectivity index (χ1) is 9.08. The van der Waals surface area contributed by atoms with Gasteiger partial charge in [-0.25, -0.2) is 0 Å². The van der Waals surface area contributed by atoms with E-state index in [1.807, 2.05) is 29.6 Å². The number of rotatable bonds is 1. The van der Waals surface area contributed by atoms with E-state index in [1.54, 1.807) is 41.2 Å². The topological polar surface area (TPSA) is 37.4 Å². The standard InChI is InChI=1S/C13H11NO2S3/c1-8(15)14-10-5-6-17-13(10)18-12-4-3-9(19(2)16)7-11(12)14/h3-7H,1-2H3. The molecule has 2 heterocycles. The first kappa shape index (κ1) is 12.9. The first-order valence-electron chi connectivity index (χ1n) is 5.61. The maximum Gasteiger partial charge on any atom is 0.228 e. The molecule has 1 aliphatic rings.